The molecule has 0 aliphatic carbocycles. The van der Waals surface area contributed by atoms with Crippen LogP contribution in [0.4, 0.5) is 10.5 Å². The van der Waals surface area contributed by atoms with Crippen LogP contribution in [-0.4, -0.2) is 37.2 Å². The van der Waals surface area contributed by atoms with Crippen molar-refractivity contribution in [2.45, 2.75) is 13.0 Å². The molecule has 3 rings (SSSR count). The van der Waals surface area contributed by atoms with Crippen molar-refractivity contribution in [2.75, 3.05) is 25.6 Å². The number of methoxy groups -OCH3 is 1. The molecule has 2 aromatic carbocycles. The van der Waals surface area contributed by atoms with Crippen LogP contribution in [0.2, 0.25) is 5.02 Å². The molecule has 2 amide bonds. The van der Waals surface area contributed by atoms with Crippen molar-refractivity contribution >= 4 is 29.3 Å². The first-order chi connectivity index (χ1) is 12.5. The fraction of sp³-hybridized carbons (Fsp3) is 0.263. The van der Waals surface area contributed by atoms with Gasteiger partial charge in [-0.2, -0.15) is 0 Å². The van der Waals surface area contributed by atoms with Gasteiger partial charge in [0, 0.05) is 23.8 Å². The van der Waals surface area contributed by atoms with Crippen LogP contribution in [0.15, 0.2) is 42.5 Å². The first kappa shape index (κ1) is 18.1. The lowest BCUT2D eigenvalue weighted by atomic mass is 9.99. The summed E-state index contributed by atoms with van der Waals surface area (Å²) in [5.74, 6) is 0.309. The SMILES string of the molecule is COC(=O)N1CCc2ccc(NC(=O)COc3ccc(Cl)cc3)cc2C1. The Balaban J connectivity index is 1.59. The van der Waals surface area contributed by atoms with Gasteiger partial charge in [-0.1, -0.05) is 17.7 Å². The van der Waals surface area contributed by atoms with Gasteiger partial charge in [0.15, 0.2) is 6.61 Å². The molecule has 0 saturated carbocycles. The van der Waals surface area contributed by atoms with Crippen LogP contribution >= 0.6 is 11.6 Å². The van der Waals surface area contributed by atoms with Gasteiger partial charge in [-0.05, 0) is 53.9 Å². The Morgan fingerprint density at radius 3 is 2.65 bits per heavy atom. The lowest BCUT2D eigenvalue weighted by Crippen LogP contribution is -2.35. The van der Waals surface area contributed by atoms with E-state index in [0.717, 1.165) is 12.0 Å². The standard InChI is InChI=1S/C19H19ClN2O4/c1-25-19(24)22-9-8-13-2-5-16(10-14(13)11-22)21-18(23)12-26-17-6-3-15(20)4-7-17/h2-7,10H,8-9,11-12H2,1H3,(H,21,23). The second-order valence-electron chi connectivity index (χ2n) is 5.92. The van der Waals surface area contributed by atoms with Gasteiger partial charge in [0.2, 0.25) is 0 Å². The van der Waals surface area contributed by atoms with Gasteiger partial charge >= 0.3 is 6.09 Å². The lowest BCUT2D eigenvalue weighted by Gasteiger charge is -2.28. The van der Waals surface area contributed by atoms with Gasteiger partial charge < -0.3 is 19.7 Å². The van der Waals surface area contributed by atoms with Crippen LogP contribution in [0, 0.1) is 0 Å². The van der Waals surface area contributed by atoms with Gasteiger partial charge in [-0.25, -0.2) is 4.79 Å². The number of ether oxygens (including phenoxy) is 2. The summed E-state index contributed by atoms with van der Waals surface area (Å²) in [6, 6.07) is 12.5. The summed E-state index contributed by atoms with van der Waals surface area (Å²) in [4.78, 5) is 25.4. The molecule has 1 aliphatic rings. The number of nitrogens with one attached hydrogen (secondary N) is 1. The third-order valence-corrected chi connectivity index (χ3v) is 4.37. The third kappa shape index (κ3) is 4.46. The van der Waals surface area contributed by atoms with E-state index in [1.54, 1.807) is 29.2 Å². The summed E-state index contributed by atoms with van der Waals surface area (Å²) in [6.07, 6.45) is 0.416. The van der Waals surface area contributed by atoms with Crippen molar-refractivity contribution in [2.24, 2.45) is 0 Å². The van der Waals surface area contributed by atoms with Crippen molar-refractivity contribution in [1.29, 1.82) is 0 Å². The Hall–Kier alpha value is -2.73. The molecule has 7 heteroatoms. The first-order valence-electron chi connectivity index (χ1n) is 8.18. The van der Waals surface area contributed by atoms with Gasteiger partial charge in [0.1, 0.15) is 5.75 Å². The summed E-state index contributed by atoms with van der Waals surface area (Å²) in [5, 5.41) is 3.42. The molecule has 0 saturated heterocycles. The van der Waals surface area contributed by atoms with E-state index >= 15 is 0 Å². The van der Waals surface area contributed by atoms with Crippen molar-refractivity contribution < 1.29 is 19.1 Å². The smallest absolute Gasteiger partial charge is 0.409 e. The molecule has 0 aromatic heterocycles. The Labute approximate surface area is 156 Å². The number of fused-ring (bicyclic) bond motifs is 1. The van der Waals surface area contributed by atoms with Crippen molar-refractivity contribution in [3.05, 3.63) is 58.6 Å². The predicted octanol–water partition coefficient (Wildman–Crippen LogP) is 3.48. The minimum absolute atomic E-state index is 0.104. The highest BCUT2D eigenvalue weighted by Gasteiger charge is 2.21. The van der Waals surface area contributed by atoms with Crippen LogP contribution in [0.5, 0.6) is 5.75 Å². The highest BCUT2D eigenvalue weighted by Crippen LogP contribution is 2.23. The Bertz CT molecular complexity index is 808. The van der Waals surface area contributed by atoms with Gasteiger partial charge in [-0.3, -0.25) is 4.79 Å². The predicted molar refractivity (Wildman–Crippen MR) is 98.5 cm³/mol. The molecule has 2 aromatic rings. The molecule has 26 heavy (non-hydrogen) atoms. The third-order valence-electron chi connectivity index (χ3n) is 4.12. The van der Waals surface area contributed by atoms with Crippen LogP contribution in [0.3, 0.4) is 0 Å². The number of halogens is 1. The van der Waals surface area contributed by atoms with Crippen molar-refractivity contribution in [3.63, 3.8) is 0 Å². The minimum Gasteiger partial charge on any atom is -0.484 e. The van der Waals surface area contributed by atoms with E-state index in [0.29, 0.717) is 29.5 Å². The molecule has 0 bridgehead atoms. The van der Waals surface area contributed by atoms with E-state index in [4.69, 9.17) is 21.1 Å². The second kappa shape index (κ2) is 8.10. The topological polar surface area (TPSA) is 67.9 Å². The maximum absolute atomic E-state index is 12.1. The van der Waals surface area contributed by atoms with Gasteiger partial charge in [0.25, 0.3) is 5.91 Å². The van der Waals surface area contributed by atoms with E-state index in [1.165, 1.54) is 12.7 Å². The summed E-state index contributed by atoms with van der Waals surface area (Å²) in [6.45, 7) is 0.986. The second-order valence-corrected chi connectivity index (χ2v) is 6.35. The average Bonchev–Trinajstić information content (AvgIpc) is 2.66. The molecule has 0 atom stereocenters. The minimum atomic E-state index is -0.346. The fourth-order valence-electron chi connectivity index (χ4n) is 2.80. The maximum atomic E-state index is 12.1. The first-order valence-corrected chi connectivity index (χ1v) is 8.56. The Morgan fingerprint density at radius 1 is 1.15 bits per heavy atom. The average molecular weight is 375 g/mol. The van der Waals surface area contributed by atoms with Gasteiger partial charge in [-0.15, -0.1) is 0 Å². The highest BCUT2D eigenvalue weighted by molar-refractivity contribution is 6.30. The van der Waals surface area contributed by atoms with E-state index < -0.39 is 0 Å². The fourth-order valence-corrected chi connectivity index (χ4v) is 2.92. The summed E-state index contributed by atoms with van der Waals surface area (Å²) in [7, 11) is 1.37. The van der Waals surface area contributed by atoms with Gasteiger partial charge in [0.05, 0.1) is 7.11 Å². The zero-order chi connectivity index (χ0) is 18.5. The quantitative estimate of drug-likeness (QED) is 0.889. The molecule has 1 aliphatic heterocycles. The summed E-state index contributed by atoms with van der Waals surface area (Å²) < 4.78 is 10.2. The molecule has 0 spiro atoms. The molecule has 0 unspecified atom stereocenters. The normalized spacial score (nSPS) is 12.9. The van der Waals surface area contributed by atoms with Crippen molar-refractivity contribution in [3.8, 4) is 5.75 Å². The number of amides is 2. The Morgan fingerprint density at radius 2 is 1.92 bits per heavy atom. The lowest BCUT2D eigenvalue weighted by molar-refractivity contribution is -0.118. The monoisotopic (exact) mass is 374 g/mol. The molecular weight excluding hydrogens is 356 g/mol. The van der Waals surface area contributed by atoms with E-state index in [2.05, 4.69) is 5.32 Å². The van der Waals surface area contributed by atoms with Crippen LogP contribution < -0.4 is 10.1 Å². The zero-order valence-electron chi connectivity index (χ0n) is 14.3. The molecule has 0 radical (unpaired) electrons. The van der Waals surface area contributed by atoms with E-state index in [9.17, 15) is 9.59 Å². The molecule has 136 valence electrons. The number of anilines is 1. The number of benzene rings is 2. The highest BCUT2D eigenvalue weighted by atomic mass is 35.5. The molecular formula is C19H19ClN2O4. The molecule has 6 nitrogen and oxygen atoms in total. The van der Waals surface area contributed by atoms with Crippen molar-refractivity contribution in [1.82, 2.24) is 4.90 Å². The number of hydrogen-bond donors (Lipinski definition) is 1. The Kier molecular flexibility index (Phi) is 5.63. The number of rotatable bonds is 4. The number of carbonyl (C=O) groups excluding carboxylic acids is 2. The van der Waals surface area contributed by atoms with E-state index in [1.807, 2.05) is 18.2 Å². The van der Waals surface area contributed by atoms with E-state index in [-0.39, 0.29) is 18.6 Å². The van der Waals surface area contributed by atoms with Crippen LogP contribution in [-0.2, 0) is 22.5 Å². The number of nitrogens with zero attached hydrogens (tertiary/aromatic N) is 1. The van der Waals surface area contributed by atoms with Crippen LogP contribution in [0.25, 0.3) is 0 Å². The summed E-state index contributed by atoms with van der Waals surface area (Å²) >= 11 is 5.81. The summed E-state index contributed by atoms with van der Waals surface area (Å²) in [5.41, 5.74) is 2.83. The van der Waals surface area contributed by atoms with Crippen LogP contribution in [0.1, 0.15) is 11.1 Å². The largest absolute Gasteiger partial charge is 0.484 e. The molecule has 1 N–H and O–H groups in total. The zero-order valence-corrected chi connectivity index (χ0v) is 15.1. The molecule has 1 heterocycles. The number of hydrogen-bond acceptors (Lipinski definition) is 4. The number of carbonyl (C=O) groups is 2. The maximum Gasteiger partial charge on any atom is 0.409 e. The molecule has 0 fully saturated rings.